The van der Waals surface area contributed by atoms with Crippen LogP contribution in [0.4, 0.5) is 5.69 Å². The molecule has 1 saturated heterocycles. The molecule has 0 radical (unpaired) electrons. The average Bonchev–Trinajstić information content (AvgIpc) is 2.92. The molecule has 108 valence electrons. The molecule has 0 unspecified atom stereocenters. The Morgan fingerprint density at radius 1 is 1.45 bits per heavy atom. The summed E-state index contributed by atoms with van der Waals surface area (Å²) < 4.78 is 0. The van der Waals surface area contributed by atoms with E-state index >= 15 is 0 Å². The first kappa shape index (κ1) is 14.0. The van der Waals surface area contributed by atoms with Crippen LogP contribution in [0.1, 0.15) is 25.7 Å². The summed E-state index contributed by atoms with van der Waals surface area (Å²) in [6, 6.07) is 8.11. The van der Waals surface area contributed by atoms with Gasteiger partial charge in [-0.05, 0) is 49.8 Å². The molecule has 1 aromatic rings. The number of thioether (sulfide) groups is 1. The van der Waals surface area contributed by atoms with E-state index in [0.29, 0.717) is 5.92 Å². The summed E-state index contributed by atoms with van der Waals surface area (Å²) >= 11 is 1.70. The van der Waals surface area contributed by atoms with E-state index in [4.69, 9.17) is 0 Å². The van der Waals surface area contributed by atoms with Gasteiger partial charge in [-0.1, -0.05) is 18.9 Å². The lowest BCUT2D eigenvalue weighted by atomic mass is 9.67. The molecule has 2 fully saturated rings. The first-order chi connectivity index (χ1) is 9.74. The van der Waals surface area contributed by atoms with Crippen molar-refractivity contribution in [2.24, 2.45) is 11.3 Å². The van der Waals surface area contributed by atoms with E-state index in [2.05, 4.69) is 29.0 Å². The van der Waals surface area contributed by atoms with Crippen LogP contribution in [-0.4, -0.2) is 25.3 Å². The van der Waals surface area contributed by atoms with Gasteiger partial charge in [0.25, 0.3) is 0 Å². The van der Waals surface area contributed by atoms with E-state index in [9.17, 15) is 4.79 Å². The van der Waals surface area contributed by atoms with Crippen LogP contribution in [0.15, 0.2) is 29.2 Å². The van der Waals surface area contributed by atoms with Crippen molar-refractivity contribution < 1.29 is 4.79 Å². The smallest absolute Gasteiger partial charge is 0.232 e. The average molecular weight is 290 g/mol. The molecule has 1 aliphatic carbocycles. The number of carbonyl (C=O) groups excluding carboxylic acids is 1. The molecule has 1 aromatic carbocycles. The summed E-state index contributed by atoms with van der Waals surface area (Å²) in [5.41, 5.74) is 0.751. The van der Waals surface area contributed by atoms with Crippen molar-refractivity contribution in [3.8, 4) is 0 Å². The summed E-state index contributed by atoms with van der Waals surface area (Å²) in [4.78, 5) is 14.0. The van der Waals surface area contributed by atoms with E-state index in [-0.39, 0.29) is 11.3 Å². The van der Waals surface area contributed by atoms with Crippen LogP contribution in [0.25, 0.3) is 0 Å². The molecule has 1 saturated carbocycles. The SMILES string of the molecule is CSc1cccc(NC(=O)[C@@]23CCCC[C@H]2CNC3)c1. The zero-order valence-electron chi connectivity index (χ0n) is 11.9. The standard InChI is InChI=1S/C16H22N2OS/c1-20-14-7-4-6-13(9-14)18-15(19)16-8-3-2-5-12(16)10-17-11-16/h4,6-7,9,12,17H,2-3,5,8,10-11H2,1H3,(H,18,19)/t12-,16+/m0/s1. The molecular formula is C16H22N2OS. The first-order valence-corrected chi connectivity index (χ1v) is 8.63. The van der Waals surface area contributed by atoms with Gasteiger partial charge in [-0.15, -0.1) is 11.8 Å². The maximum Gasteiger partial charge on any atom is 0.232 e. The minimum atomic E-state index is -0.173. The van der Waals surface area contributed by atoms with E-state index in [1.54, 1.807) is 11.8 Å². The Morgan fingerprint density at radius 2 is 2.35 bits per heavy atom. The van der Waals surface area contributed by atoms with E-state index < -0.39 is 0 Å². The summed E-state index contributed by atoms with van der Waals surface area (Å²) in [5, 5.41) is 6.59. The van der Waals surface area contributed by atoms with Crippen LogP contribution in [0, 0.1) is 11.3 Å². The third-order valence-corrected chi connectivity index (χ3v) is 5.54. The van der Waals surface area contributed by atoms with Gasteiger partial charge in [-0.2, -0.15) is 0 Å². The van der Waals surface area contributed by atoms with Gasteiger partial charge in [0.05, 0.1) is 5.41 Å². The Labute approximate surface area is 124 Å². The van der Waals surface area contributed by atoms with Crippen molar-refractivity contribution in [1.29, 1.82) is 0 Å². The zero-order chi connectivity index (χ0) is 14.0. The summed E-state index contributed by atoms with van der Waals surface area (Å²) in [7, 11) is 0. The Morgan fingerprint density at radius 3 is 3.20 bits per heavy atom. The third kappa shape index (κ3) is 2.47. The minimum absolute atomic E-state index is 0.173. The van der Waals surface area contributed by atoms with Gasteiger partial charge >= 0.3 is 0 Å². The Bertz CT molecular complexity index is 505. The van der Waals surface area contributed by atoms with Crippen molar-refractivity contribution in [1.82, 2.24) is 5.32 Å². The van der Waals surface area contributed by atoms with Crippen molar-refractivity contribution in [2.75, 3.05) is 24.7 Å². The second-order valence-electron chi connectivity index (χ2n) is 5.92. The summed E-state index contributed by atoms with van der Waals surface area (Å²) in [6.45, 7) is 1.84. The molecule has 1 heterocycles. The third-order valence-electron chi connectivity index (χ3n) is 4.82. The number of benzene rings is 1. The maximum atomic E-state index is 12.8. The van der Waals surface area contributed by atoms with E-state index in [1.807, 2.05) is 12.1 Å². The normalized spacial score (nSPS) is 28.9. The van der Waals surface area contributed by atoms with Gasteiger partial charge in [-0.25, -0.2) is 0 Å². The molecule has 1 aliphatic heterocycles. The van der Waals surface area contributed by atoms with Crippen LogP contribution in [0.5, 0.6) is 0 Å². The van der Waals surface area contributed by atoms with Gasteiger partial charge in [0.2, 0.25) is 5.91 Å². The maximum absolute atomic E-state index is 12.8. The number of amides is 1. The Hall–Kier alpha value is -1.00. The zero-order valence-corrected chi connectivity index (χ0v) is 12.8. The number of hydrogen-bond donors (Lipinski definition) is 2. The molecule has 3 nitrogen and oxygen atoms in total. The molecule has 20 heavy (non-hydrogen) atoms. The largest absolute Gasteiger partial charge is 0.326 e. The molecule has 2 aliphatic rings. The van der Waals surface area contributed by atoms with Gasteiger partial charge in [-0.3, -0.25) is 4.79 Å². The Balaban J connectivity index is 1.78. The highest BCUT2D eigenvalue weighted by atomic mass is 32.2. The fourth-order valence-electron chi connectivity index (χ4n) is 3.65. The predicted molar refractivity (Wildman–Crippen MR) is 84.1 cm³/mol. The van der Waals surface area contributed by atoms with Gasteiger partial charge in [0.15, 0.2) is 0 Å². The molecule has 3 rings (SSSR count). The molecule has 1 amide bonds. The van der Waals surface area contributed by atoms with Gasteiger partial charge in [0.1, 0.15) is 0 Å². The second kappa shape index (κ2) is 5.78. The van der Waals surface area contributed by atoms with Crippen LogP contribution >= 0.6 is 11.8 Å². The van der Waals surface area contributed by atoms with Crippen LogP contribution in [0.3, 0.4) is 0 Å². The van der Waals surface area contributed by atoms with E-state index in [1.165, 1.54) is 24.2 Å². The lowest BCUT2D eigenvalue weighted by molar-refractivity contribution is -0.128. The number of fused-ring (bicyclic) bond motifs is 1. The highest BCUT2D eigenvalue weighted by Crippen LogP contribution is 2.44. The van der Waals surface area contributed by atoms with Crippen LogP contribution in [-0.2, 0) is 4.79 Å². The van der Waals surface area contributed by atoms with Crippen molar-refractivity contribution >= 4 is 23.4 Å². The van der Waals surface area contributed by atoms with Crippen LogP contribution < -0.4 is 10.6 Å². The number of rotatable bonds is 3. The monoisotopic (exact) mass is 290 g/mol. The Kier molecular flexibility index (Phi) is 4.03. The molecule has 0 aromatic heterocycles. The molecule has 4 heteroatoms. The van der Waals surface area contributed by atoms with E-state index in [0.717, 1.165) is 25.2 Å². The quantitative estimate of drug-likeness (QED) is 0.840. The minimum Gasteiger partial charge on any atom is -0.326 e. The van der Waals surface area contributed by atoms with Crippen LogP contribution in [0.2, 0.25) is 0 Å². The van der Waals surface area contributed by atoms with Crippen molar-refractivity contribution in [2.45, 2.75) is 30.6 Å². The predicted octanol–water partition coefficient (Wildman–Crippen LogP) is 3.13. The molecule has 0 spiro atoms. The fraction of sp³-hybridized carbons (Fsp3) is 0.562. The first-order valence-electron chi connectivity index (χ1n) is 7.41. The number of hydrogen-bond acceptors (Lipinski definition) is 3. The number of anilines is 1. The molecule has 2 atom stereocenters. The van der Waals surface area contributed by atoms with Gasteiger partial charge in [0, 0.05) is 17.1 Å². The number of carbonyl (C=O) groups is 1. The topological polar surface area (TPSA) is 41.1 Å². The highest BCUT2D eigenvalue weighted by molar-refractivity contribution is 7.98. The molecule has 2 N–H and O–H groups in total. The summed E-state index contributed by atoms with van der Waals surface area (Å²) in [5.74, 6) is 0.727. The van der Waals surface area contributed by atoms with Crippen molar-refractivity contribution in [3.05, 3.63) is 24.3 Å². The number of nitrogens with one attached hydrogen (secondary N) is 2. The fourth-order valence-corrected chi connectivity index (χ4v) is 4.11. The summed E-state index contributed by atoms with van der Waals surface area (Å²) in [6.07, 6.45) is 6.71. The second-order valence-corrected chi connectivity index (χ2v) is 6.80. The highest BCUT2D eigenvalue weighted by Gasteiger charge is 2.49. The van der Waals surface area contributed by atoms with Crippen molar-refractivity contribution in [3.63, 3.8) is 0 Å². The lowest BCUT2D eigenvalue weighted by Crippen LogP contribution is -2.44. The molecular weight excluding hydrogens is 268 g/mol. The molecule has 0 bridgehead atoms. The van der Waals surface area contributed by atoms with Gasteiger partial charge < -0.3 is 10.6 Å². The lowest BCUT2D eigenvalue weighted by Gasteiger charge is -2.37.